The lowest BCUT2D eigenvalue weighted by molar-refractivity contribution is 0.261. The van der Waals surface area contributed by atoms with E-state index in [1.807, 2.05) is 25.1 Å². The Morgan fingerprint density at radius 3 is 2.78 bits per heavy atom. The largest absolute Gasteiger partial charge is 0.382 e. The van der Waals surface area contributed by atoms with Crippen LogP contribution in [-0.4, -0.2) is 31.1 Å². The molecule has 1 unspecified atom stereocenters. The Labute approximate surface area is 110 Å². The van der Waals surface area contributed by atoms with E-state index in [1.54, 1.807) is 0 Å². The molecule has 0 aliphatic rings. The summed E-state index contributed by atoms with van der Waals surface area (Å²) in [6, 6.07) is 8.63. The van der Waals surface area contributed by atoms with Crippen molar-refractivity contribution in [3.8, 4) is 6.07 Å². The lowest BCUT2D eigenvalue weighted by Gasteiger charge is -2.24. The molecule has 0 spiro atoms. The fourth-order valence-corrected chi connectivity index (χ4v) is 1.88. The van der Waals surface area contributed by atoms with E-state index in [9.17, 15) is 0 Å². The molecule has 3 heteroatoms. The van der Waals surface area contributed by atoms with Gasteiger partial charge in [-0.3, -0.25) is 0 Å². The Hall–Kier alpha value is -1.53. The molecule has 1 rings (SSSR count). The zero-order valence-electron chi connectivity index (χ0n) is 11.8. The van der Waals surface area contributed by atoms with E-state index in [2.05, 4.69) is 37.2 Å². The summed E-state index contributed by atoms with van der Waals surface area (Å²) in [6.45, 7) is 8.30. The monoisotopic (exact) mass is 245 g/mol. The maximum atomic E-state index is 9.08. The highest BCUT2D eigenvalue weighted by atomic mass is 15.1. The molecule has 0 amide bonds. The highest BCUT2D eigenvalue weighted by molar-refractivity contribution is 5.62. The quantitative estimate of drug-likeness (QED) is 0.837. The molecule has 0 bridgehead atoms. The van der Waals surface area contributed by atoms with E-state index in [0.717, 1.165) is 36.3 Å². The second-order valence-corrected chi connectivity index (χ2v) is 4.77. The molecule has 0 heterocycles. The Morgan fingerprint density at radius 1 is 1.44 bits per heavy atom. The lowest BCUT2D eigenvalue weighted by Crippen LogP contribution is -2.32. The third-order valence-electron chi connectivity index (χ3n) is 3.50. The Kier molecular flexibility index (Phi) is 5.67. The summed E-state index contributed by atoms with van der Waals surface area (Å²) in [5.74, 6) is 0. The smallest absolute Gasteiger partial charge is 0.101 e. The van der Waals surface area contributed by atoms with Crippen molar-refractivity contribution in [2.75, 3.05) is 25.5 Å². The fraction of sp³-hybridized carbons (Fsp3) is 0.533. The van der Waals surface area contributed by atoms with Gasteiger partial charge in [0.15, 0.2) is 0 Å². The highest BCUT2D eigenvalue weighted by Gasteiger charge is 2.07. The van der Waals surface area contributed by atoms with Gasteiger partial charge in [0, 0.05) is 19.1 Å². The van der Waals surface area contributed by atoms with Crippen molar-refractivity contribution in [1.82, 2.24) is 4.90 Å². The van der Waals surface area contributed by atoms with Gasteiger partial charge in [0.25, 0.3) is 0 Å². The number of para-hydroxylation sites is 1. The van der Waals surface area contributed by atoms with Crippen molar-refractivity contribution in [3.05, 3.63) is 29.3 Å². The summed E-state index contributed by atoms with van der Waals surface area (Å²) >= 11 is 0. The Balaban J connectivity index is 2.57. The standard InChI is InChI=1S/C15H23N3/c1-5-13(3)18(4)10-9-17-15-12(2)7-6-8-14(15)11-16/h6-8,13,17H,5,9-10H2,1-4H3. The minimum atomic E-state index is 0.596. The number of anilines is 1. The first kappa shape index (κ1) is 14.5. The summed E-state index contributed by atoms with van der Waals surface area (Å²) in [4.78, 5) is 2.33. The van der Waals surface area contributed by atoms with Crippen LogP contribution in [0.2, 0.25) is 0 Å². The van der Waals surface area contributed by atoms with Crippen LogP contribution < -0.4 is 5.32 Å². The van der Waals surface area contributed by atoms with Gasteiger partial charge in [-0.05, 0) is 38.9 Å². The maximum absolute atomic E-state index is 9.08. The molecule has 1 N–H and O–H groups in total. The van der Waals surface area contributed by atoms with Crippen molar-refractivity contribution in [3.63, 3.8) is 0 Å². The molecule has 0 aromatic heterocycles. The summed E-state index contributed by atoms with van der Waals surface area (Å²) in [7, 11) is 2.14. The van der Waals surface area contributed by atoms with Crippen molar-refractivity contribution in [2.24, 2.45) is 0 Å². The van der Waals surface area contributed by atoms with Gasteiger partial charge in [-0.1, -0.05) is 19.1 Å². The van der Waals surface area contributed by atoms with E-state index < -0.39 is 0 Å². The number of nitrogens with one attached hydrogen (secondary N) is 1. The number of nitriles is 1. The normalized spacial score (nSPS) is 12.2. The Morgan fingerprint density at radius 2 is 2.17 bits per heavy atom. The molecule has 98 valence electrons. The number of rotatable bonds is 6. The molecule has 0 aliphatic carbocycles. The predicted octanol–water partition coefficient (Wildman–Crippen LogP) is 3.01. The topological polar surface area (TPSA) is 39.1 Å². The molecule has 1 aromatic carbocycles. The molecule has 0 saturated carbocycles. The second kappa shape index (κ2) is 7.03. The minimum absolute atomic E-state index is 0.596. The van der Waals surface area contributed by atoms with Gasteiger partial charge >= 0.3 is 0 Å². The van der Waals surface area contributed by atoms with Crippen LogP contribution in [0.1, 0.15) is 31.4 Å². The molecule has 0 fully saturated rings. The van der Waals surface area contributed by atoms with Crippen LogP contribution in [0.3, 0.4) is 0 Å². The highest BCUT2D eigenvalue weighted by Crippen LogP contribution is 2.19. The second-order valence-electron chi connectivity index (χ2n) is 4.77. The third kappa shape index (κ3) is 3.75. The number of likely N-dealkylation sites (N-methyl/N-ethyl adjacent to an activating group) is 1. The van der Waals surface area contributed by atoms with Gasteiger partial charge in [-0.15, -0.1) is 0 Å². The average Bonchev–Trinajstić information content (AvgIpc) is 2.39. The maximum Gasteiger partial charge on any atom is 0.101 e. The molecule has 1 aromatic rings. The first-order chi connectivity index (χ1) is 8.60. The molecule has 1 atom stereocenters. The van der Waals surface area contributed by atoms with E-state index in [4.69, 9.17) is 5.26 Å². The van der Waals surface area contributed by atoms with Crippen LogP contribution in [0.4, 0.5) is 5.69 Å². The molecular weight excluding hydrogens is 222 g/mol. The average molecular weight is 245 g/mol. The van der Waals surface area contributed by atoms with Crippen molar-refractivity contribution >= 4 is 5.69 Å². The van der Waals surface area contributed by atoms with Crippen LogP contribution >= 0.6 is 0 Å². The van der Waals surface area contributed by atoms with Crippen molar-refractivity contribution in [2.45, 2.75) is 33.2 Å². The minimum Gasteiger partial charge on any atom is -0.382 e. The molecule has 0 radical (unpaired) electrons. The van der Waals surface area contributed by atoms with Crippen LogP contribution in [0, 0.1) is 18.3 Å². The SMILES string of the molecule is CCC(C)N(C)CCNc1c(C)cccc1C#N. The van der Waals surface area contributed by atoms with Crippen LogP contribution in [-0.2, 0) is 0 Å². The van der Waals surface area contributed by atoms with Gasteiger partial charge in [0.05, 0.1) is 11.3 Å². The summed E-state index contributed by atoms with van der Waals surface area (Å²) < 4.78 is 0. The number of hydrogen-bond acceptors (Lipinski definition) is 3. The first-order valence-corrected chi connectivity index (χ1v) is 6.54. The summed E-state index contributed by atoms with van der Waals surface area (Å²) in [5.41, 5.74) is 2.82. The summed E-state index contributed by atoms with van der Waals surface area (Å²) in [5, 5.41) is 12.5. The van der Waals surface area contributed by atoms with Gasteiger partial charge < -0.3 is 10.2 Å². The fourth-order valence-electron chi connectivity index (χ4n) is 1.88. The van der Waals surface area contributed by atoms with E-state index in [0.29, 0.717) is 6.04 Å². The summed E-state index contributed by atoms with van der Waals surface area (Å²) in [6.07, 6.45) is 1.16. The number of hydrogen-bond donors (Lipinski definition) is 1. The van der Waals surface area contributed by atoms with Gasteiger partial charge in [0.1, 0.15) is 6.07 Å². The first-order valence-electron chi connectivity index (χ1n) is 6.54. The van der Waals surface area contributed by atoms with Crippen molar-refractivity contribution < 1.29 is 0 Å². The Bertz CT molecular complexity index is 420. The van der Waals surface area contributed by atoms with Crippen LogP contribution in [0.25, 0.3) is 0 Å². The van der Waals surface area contributed by atoms with E-state index >= 15 is 0 Å². The van der Waals surface area contributed by atoms with Gasteiger partial charge in [-0.25, -0.2) is 0 Å². The van der Waals surface area contributed by atoms with Gasteiger partial charge in [0.2, 0.25) is 0 Å². The zero-order chi connectivity index (χ0) is 13.5. The van der Waals surface area contributed by atoms with Crippen LogP contribution in [0.5, 0.6) is 0 Å². The molecule has 0 aliphatic heterocycles. The molecular formula is C15H23N3. The van der Waals surface area contributed by atoms with Crippen LogP contribution in [0.15, 0.2) is 18.2 Å². The zero-order valence-corrected chi connectivity index (χ0v) is 11.8. The number of aryl methyl sites for hydroxylation is 1. The van der Waals surface area contributed by atoms with Crippen molar-refractivity contribution in [1.29, 1.82) is 5.26 Å². The van der Waals surface area contributed by atoms with E-state index in [-0.39, 0.29) is 0 Å². The third-order valence-corrected chi connectivity index (χ3v) is 3.50. The van der Waals surface area contributed by atoms with E-state index in [1.165, 1.54) is 0 Å². The number of nitrogens with zero attached hydrogens (tertiary/aromatic N) is 2. The number of benzene rings is 1. The molecule has 0 saturated heterocycles. The predicted molar refractivity (Wildman–Crippen MR) is 76.8 cm³/mol. The lowest BCUT2D eigenvalue weighted by atomic mass is 10.1. The van der Waals surface area contributed by atoms with Gasteiger partial charge in [-0.2, -0.15) is 5.26 Å². The molecule has 3 nitrogen and oxygen atoms in total. The molecule has 18 heavy (non-hydrogen) atoms.